The lowest BCUT2D eigenvalue weighted by Crippen LogP contribution is -2.14. The van der Waals surface area contributed by atoms with E-state index in [1.165, 1.54) is 17.8 Å². The minimum absolute atomic E-state index is 0.155. The molecule has 0 saturated carbocycles. The summed E-state index contributed by atoms with van der Waals surface area (Å²) < 4.78 is 15.4. The van der Waals surface area contributed by atoms with Crippen LogP contribution in [0.2, 0.25) is 0 Å². The number of nitrogens with zero attached hydrogens (tertiary/aromatic N) is 4. The van der Waals surface area contributed by atoms with E-state index in [1.54, 1.807) is 29.9 Å². The predicted molar refractivity (Wildman–Crippen MR) is 115 cm³/mol. The number of nitrogens with one attached hydrogen (secondary N) is 1. The van der Waals surface area contributed by atoms with E-state index in [0.717, 1.165) is 16.9 Å². The average Bonchev–Trinajstić information content (AvgIpc) is 3.30. The van der Waals surface area contributed by atoms with Crippen molar-refractivity contribution in [2.24, 2.45) is 0 Å². The van der Waals surface area contributed by atoms with E-state index in [0.29, 0.717) is 16.3 Å². The first-order valence-corrected chi connectivity index (χ1v) is 10.2. The maximum absolute atomic E-state index is 13.6. The summed E-state index contributed by atoms with van der Waals surface area (Å²) in [5.41, 5.74) is 3.61. The Hall–Kier alpha value is -3.52. The molecule has 0 fully saturated rings. The largest absolute Gasteiger partial charge is 0.325 e. The lowest BCUT2D eigenvalue weighted by molar-refractivity contribution is -0.113. The zero-order valence-corrected chi connectivity index (χ0v) is 16.9. The number of thioether (sulfide) groups is 1. The molecule has 0 spiro atoms. The Morgan fingerprint density at radius 2 is 1.93 bits per heavy atom. The fourth-order valence-electron chi connectivity index (χ4n) is 2.76. The van der Waals surface area contributed by atoms with Crippen LogP contribution in [-0.2, 0) is 4.79 Å². The Morgan fingerprint density at radius 1 is 1.10 bits per heavy atom. The van der Waals surface area contributed by atoms with Crippen molar-refractivity contribution in [1.29, 1.82) is 0 Å². The molecule has 8 heteroatoms. The summed E-state index contributed by atoms with van der Waals surface area (Å²) in [6, 6.07) is 18.0. The number of aromatic nitrogens is 4. The monoisotopic (exact) mass is 419 g/mol. The fraction of sp³-hybridized carbons (Fsp3) is 0.0909. The Balaban J connectivity index is 1.34. The van der Waals surface area contributed by atoms with Crippen LogP contribution in [0, 0.1) is 12.7 Å². The summed E-state index contributed by atoms with van der Waals surface area (Å²) in [5, 5.41) is 16.0. The van der Waals surface area contributed by atoms with Crippen LogP contribution in [-0.4, -0.2) is 31.6 Å². The number of halogens is 1. The van der Waals surface area contributed by atoms with Gasteiger partial charge in [-0.3, -0.25) is 4.79 Å². The van der Waals surface area contributed by atoms with Gasteiger partial charge in [-0.05, 0) is 55.0 Å². The van der Waals surface area contributed by atoms with E-state index in [9.17, 15) is 9.18 Å². The second kappa shape index (κ2) is 8.87. The minimum Gasteiger partial charge on any atom is -0.325 e. The first-order valence-electron chi connectivity index (χ1n) is 9.21. The summed E-state index contributed by atoms with van der Waals surface area (Å²) in [7, 11) is 0. The topological polar surface area (TPSA) is 72.7 Å². The van der Waals surface area contributed by atoms with E-state index in [2.05, 4.69) is 20.6 Å². The van der Waals surface area contributed by atoms with Crippen molar-refractivity contribution < 1.29 is 9.18 Å². The van der Waals surface area contributed by atoms with Crippen LogP contribution in [0.15, 0.2) is 78.1 Å². The molecule has 0 bridgehead atoms. The number of aryl methyl sites for hydroxylation is 1. The van der Waals surface area contributed by atoms with Crippen LogP contribution >= 0.6 is 11.8 Å². The highest BCUT2D eigenvalue weighted by atomic mass is 32.2. The van der Waals surface area contributed by atoms with Crippen LogP contribution < -0.4 is 5.32 Å². The second-order valence-corrected chi connectivity index (χ2v) is 7.55. The van der Waals surface area contributed by atoms with Crippen molar-refractivity contribution >= 4 is 23.4 Å². The third kappa shape index (κ3) is 4.72. The van der Waals surface area contributed by atoms with Gasteiger partial charge in [0.2, 0.25) is 5.91 Å². The molecule has 0 aliphatic heterocycles. The van der Waals surface area contributed by atoms with E-state index < -0.39 is 0 Å². The van der Waals surface area contributed by atoms with E-state index in [1.807, 2.05) is 48.7 Å². The van der Waals surface area contributed by atoms with Crippen LogP contribution in [0.4, 0.5) is 10.1 Å². The zero-order valence-electron chi connectivity index (χ0n) is 16.1. The SMILES string of the molecule is Cc1ccc(NC(=O)CSc2ccc(-c3ccc(-n4cccn4)cc3)nn2)cc1F. The highest BCUT2D eigenvalue weighted by Crippen LogP contribution is 2.21. The number of hydrogen-bond donors (Lipinski definition) is 1. The van der Waals surface area contributed by atoms with Gasteiger partial charge in [-0.25, -0.2) is 9.07 Å². The lowest BCUT2D eigenvalue weighted by Gasteiger charge is -2.06. The molecule has 6 nitrogen and oxygen atoms in total. The van der Waals surface area contributed by atoms with Gasteiger partial charge in [0, 0.05) is 23.6 Å². The van der Waals surface area contributed by atoms with E-state index in [4.69, 9.17) is 0 Å². The minimum atomic E-state index is -0.348. The molecule has 0 saturated heterocycles. The van der Waals surface area contributed by atoms with E-state index in [-0.39, 0.29) is 17.5 Å². The first-order chi connectivity index (χ1) is 14.6. The number of rotatable bonds is 6. The average molecular weight is 419 g/mol. The van der Waals surface area contributed by atoms with Crippen LogP contribution in [0.3, 0.4) is 0 Å². The van der Waals surface area contributed by atoms with Crippen molar-refractivity contribution in [1.82, 2.24) is 20.0 Å². The molecule has 4 aromatic rings. The fourth-order valence-corrected chi connectivity index (χ4v) is 3.38. The molecule has 150 valence electrons. The lowest BCUT2D eigenvalue weighted by atomic mass is 10.1. The Morgan fingerprint density at radius 3 is 2.60 bits per heavy atom. The third-order valence-electron chi connectivity index (χ3n) is 4.38. The molecule has 0 atom stereocenters. The van der Waals surface area contributed by atoms with Gasteiger partial charge in [-0.1, -0.05) is 30.0 Å². The van der Waals surface area contributed by atoms with Crippen LogP contribution in [0.1, 0.15) is 5.56 Å². The quantitative estimate of drug-likeness (QED) is 0.466. The molecule has 1 amide bonds. The summed E-state index contributed by atoms with van der Waals surface area (Å²) in [4.78, 5) is 12.1. The second-order valence-electron chi connectivity index (χ2n) is 6.56. The van der Waals surface area contributed by atoms with Crippen molar-refractivity contribution in [3.8, 4) is 16.9 Å². The molecule has 0 radical (unpaired) electrons. The van der Waals surface area contributed by atoms with Crippen molar-refractivity contribution in [3.05, 3.63) is 84.4 Å². The maximum atomic E-state index is 13.6. The van der Waals surface area contributed by atoms with Gasteiger partial charge in [-0.15, -0.1) is 10.2 Å². The summed E-state index contributed by atoms with van der Waals surface area (Å²) in [6.07, 6.45) is 3.61. The van der Waals surface area contributed by atoms with Gasteiger partial charge in [0.15, 0.2) is 0 Å². The van der Waals surface area contributed by atoms with Gasteiger partial charge in [0.1, 0.15) is 10.8 Å². The molecular formula is C22H18FN5OS. The number of amides is 1. The van der Waals surface area contributed by atoms with Crippen molar-refractivity contribution in [2.45, 2.75) is 11.9 Å². The molecule has 0 aliphatic rings. The smallest absolute Gasteiger partial charge is 0.234 e. The first kappa shape index (κ1) is 19.8. The van der Waals surface area contributed by atoms with Gasteiger partial charge < -0.3 is 5.32 Å². The normalized spacial score (nSPS) is 10.7. The molecule has 4 rings (SSSR count). The standard InChI is InChI=1S/C22H18FN5OS/c1-15-3-6-17(13-19(15)23)25-21(29)14-30-22-10-9-20(26-27-22)16-4-7-18(8-5-16)28-12-2-11-24-28/h2-13H,14H2,1H3,(H,25,29). The number of benzene rings is 2. The number of anilines is 1. The number of carbonyl (C=O) groups is 1. The summed E-state index contributed by atoms with van der Waals surface area (Å²) in [5.74, 6) is -0.426. The number of hydrogen-bond acceptors (Lipinski definition) is 5. The predicted octanol–water partition coefficient (Wildman–Crippen LogP) is 4.51. The maximum Gasteiger partial charge on any atom is 0.234 e. The summed E-state index contributed by atoms with van der Waals surface area (Å²) in [6.45, 7) is 1.67. The molecule has 30 heavy (non-hydrogen) atoms. The molecule has 2 aromatic carbocycles. The van der Waals surface area contributed by atoms with E-state index >= 15 is 0 Å². The molecule has 1 N–H and O–H groups in total. The Bertz CT molecular complexity index is 1150. The molecule has 2 aromatic heterocycles. The molecule has 0 unspecified atom stereocenters. The molecule has 0 aliphatic carbocycles. The highest BCUT2D eigenvalue weighted by Gasteiger charge is 2.08. The van der Waals surface area contributed by atoms with Crippen molar-refractivity contribution in [2.75, 3.05) is 11.1 Å². The number of carbonyl (C=O) groups excluding carboxylic acids is 1. The third-order valence-corrected chi connectivity index (χ3v) is 5.30. The highest BCUT2D eigenvalue weighted by molar-refractivity contribution is 7.99. The zero-order chi connectivity index (χ0) is 20.9. The van der Waals surface area contributed by atoms with Crippen molar-refractivity contribution in [3.63, 3.8) is 0 Å². The molecular weight excluding hydrogens is 401 g/mol. The van der Waals surface area contributed by atoms with Crippen LogP contribution in [0.25, 0.3) is 16.9 Å². The Labute approximate surface area is 177 Å². The van der Waals surface area contributed by atoms with Gasteiger partial charge >= 0.3 is 0 Å². The molecule has 2 heterocycles. The van der Waals surface area contributed by atoms with Gasteiger partial charge in [-0.2, -0.15) is 5.10 Å². The van der Waals surface area contributed by atoms with Crippen LogP contribution in [0.5, 0.6) is 0 Å². The summed E-state index contributed by atoms with van der Waals surface area (Å²) >= 11 is 1.27. The Kier molecular flexibility index (Phi) is 5.85. The van der Waals surface area contributed by atoms with Gasteiger partial charge in [0.25, 0.3) is 0 Å². The van der Waals surface area contributed by atoms with Gasteiger partial charge in [0.05, 0.1) is 17.1 Å².